The molecule has 116 valence electrons. The van der Waals surface area contributed by atoms with Gasteiger partial charge in [0.2, 0.25) is 0 Å². The SMILES string of the molecule is CCOc1ccccc1OCNC(=O)NCC1CCCO1. The molecule has 0 aromatic heterocycles. The van der Waals surface area contributed by atoms with E-state index in [1.54, 1.807) is 6.07 Å². The number of urea groups is 1. The highest BCUT2D eigenvalue weighted by Gasteiger charge is 2.15. The van der Waals surface area contributed by atoms with Gasteiger partial charge in [-0.15, -0.1) is 0 Å². The molecule has 6 nitrogen and oxygen atoms in total. The number of nitrogens with one attached hydrogen (secondary N) is 2. The molecular formula is C15H22N2O4. The number of benzene rings is 1. The van der Waals surface area contributed by atoms with Crippen molar-refractivity contribution in [1.82, 2.24) is 10.6 Å². The van der Waals surface area contributed by atoms with Crippen molar-refractivity contribution in [1.29, 1.82) is 0 Å². The summed E-state index contributed by atoms with van der Waals surface area (Å²) in [5.41, 5.74) is 0. The van der Waals surface area contributed by atoms with E-state index < -0.39 is 0 Å². The second-order valence-corrected chi connectivity index (χ2v) is 4.69. The molecular weight excluding hydrogens is 272 g/mol. The molecule has 21 heavy (non-hydrogen) atoms. The van der Waals surface area contributed by atoms with Crippen LogP contribution in [0.5, 0.6) is 11.5 Å². The Labute approximate surface area is 124 Å². The monoisotopic (exact) mass is 294 g/mol. The maximum atomic E-state index is 11.6. The van der Waals surface area contributed by atoms with Gasteiger partial charge in [-0.2, -0.15) is 0 Å². The zero-order valence-electron chi connectivity index (χ0n) is 12.3. The van der Waals surface area contributed by atoms with Crippen LogP contribution < -0.4 is 20.1 Å². The van der Waals surface area contributed by atoms with Gasteiger partial charge in [-0.1, -0.05) is 12.1 Å². The molecule has 6 heteroatoms. The molecule has 0 aliphatic carbocycles. The van der Waals surface area contributed by atoms with E-state index in [1.165, 1.54) is 0 Å². The Morgan fingerprint density at radius 2 is 2.05 bits per heavy atom. The third kappa shape index (κ3) is 5.15. The van der Waals surface area contributed by atoms with Gasteiger partial charge >= 0.3 is 6.03 Å². The number of rotatable bonds is 7. The van der Waals surface area contributed by atoms with Crippen LogP contribution in [-0.4, -0.2) is 38.6 Å². The molecule has 1 atom stereocenters. The Morgan fingerprint density at radius 3 is 2.71 bits per heavy atom. The van der Waals surface area contributed by atoms with Crippen LogP contribution >= 0.6 is 0 Å². The van der Waals surface area contributed by atoms with Crippen LogP contribution in [0.3, 0.4) is 0 Å². The molecule has 0 saturated carbocycles. The number of amides is 2. The zero-order chi connectivity index (χ0) is 14.9. The van der Waals surface area contributed by atoms with Crippen LogP contribution in [0.4, 0.5) is 4.79 Å². The molecule has 2 rings (SSSR count). The van der Waals surface area contributed by atoms with Crippen molar-refractivity contribution in [2.75, 3.05) is 26.5 Å². The zero-order valence-corrected chi connectivity index (χ0v) is 12.3. The molecule has 0 bridgehead atoms. The van der Waals surface area contributed by atoms with Gasteiger partial charge < -0.3 is 24.8 Å². The summed E-state index contributed by atoms with van der Waals surface area (Å²) < 4.78 is 16.4. The van der Waals surface area contributed by atoms with Gasteiger partial charge in [0.15, 0.2) is 18.2 Å². The lowest BCUT2D eigenvalue weighted by molar-refractivity contribution is 0.111. The van der Waals surface area contributed by atoms with Gasteiger partial charge in [-0.05, 0) is 31.9 Å². The van der Waals surface area contributed by atoms with Crippen molar-refractivity contribution < 1.29 is 19.0 Å². The second-order valence-electron chi connectivity index (χ2n) is 4.69. The first-order valence-electron chi connectivity index (χ1n) is 7.27. The number of ether oxygens (including phenoxy) is 3. The Balaban J connectivity index is 1.67. The minimum absolute atomic E-state index is 0.0848. The molecule has 1 aromatic carbocycles. The van der Waals surface area contributed by atoms with Crippen molar-refractivity contribution in [3.05, 3.63) is 24.3 Å². The molecule has 1 saturated heterocycles. The third-order valence-electron chi connectivity index (χ3n) is 3.12. The predicted molar refractivity (Wildman–Crippen MR) is 78.6 cm³/mol. The first-order valence-corrected chi connectivity index (χ1v) is 7.27. The third-order valence-corrected chi connectivity index (χ3v) is 3.12. The van der Waals surface area contributed by atoms with Gasteiger partial charge in [-0.25, -0.2) is 4.79 Å². The standard InChI is InChI=1S/C15H22N2O4/c1-2-19-13-7-3-4-8-14(13)21-11-17-15(18)16-10-12-6-5-9-20-12/h3-4,7-8,12H,2,5-6,9-11H2,1H3,(H2,16,17,18). The molecule has 1 fully saturated rings. The minimum Gasteiger partial charge on any atom is -0.490 e. The van der Waals surface area contributed by atoms with Crippen molar-refractivity contribution in [3.8, 4) is 11.5 Å². The fourth-order valence-corrected chi connectivity index (χ4v) is 2.10. The number of hydrogen-bond donors (Lipinski definition) is 2. The number of para-hydroxylation sites is 2. The van der Waals surface area contributed by atoms with Crippen molar-refractivity contribution in [2.24, 2.45) is 0 Å². The van der Waals surface area contributed by atoms with Crippen molar-refractivity contribution in [2.45, 2.75) is 25.9 Å². The van der Waals surface area contributed by atoms with Gasteiger partial charge in [-0.3, -0.25) is 0 Å². The largest absolute Gasteiger partial charge is 0.490 e. The van der Waals surface area contributed by atoms with Gasteiger partial charge in [0, 0.05) is 13.2 Å². The van der Waals surface area contributed by atoms with E-state index in [4.69, 9.17) is 14.2 Å². The summed E-state index contributed by atoms with van der Waals surface area (Å²) in [4.78, 5) is 11.6. The molecule has 1 aromatic rings. The highest BCUT2D eigenvalue weighted by molar-refractivity contribution is 5.73. The predicted octanol–water partition coefficient (Wildman–Crippen LogP) is 1.90. The molecule has 1 unspecified atom stereocenters. The maximum absolute atomic E-state index is 11.6. The quantitative estimate of drug-likeness (QED) is 0.754. The first kappa shape index (κ1) is 15.4. The Kier molecular flexibility index (Phi) is 6.15. The molecule has 1 aliphatic rings. The molecule has 2 N–H and O–H groups in total. The first-order chi connectivity index (χ1) is 10.3. The summed E-state index contributed by atoms with van der Waals surface area (Å²) in [6, 6.07) is 7.10. The fourth-order valence-electron chi connectivity index (χ4n) is 2.10. The lowest BCUT2D eigenvalue weighted by atomic mass is 10.2. The molecule has 0 spiro atoms. The van der Waals surface area contributed by atoms with Crippen molar-refractivity contribution >= 4 is 6.03 Å². The van der Waals surface area contributed by atoms with Crippen LogP contribution in [0.25, 0.3) is 0 Å². The average Bonchev–Trinajstić information content (AvgIpc) is 3.00. The highest BCUT2D eigenvalue weighted by Crippen LogP contribution is 2.25. The number of carbonyl (C=O) groups is 1. The fraction of sp³-hybridized carbons (Fsp3) is 0.533. The Hall–Kier alpha value is -1.95. The van der Waals surface area contributed by atoms with Crippen LogP contribution in [0, 0.1) is 0 Å². The van der Waals surface area contributed by atoms with E-state index in [1.807, 2.05) is 25.1 Å². The Bertz CT molecular complexity index is 447. The average molecular weight is 294 g/mol. The van der Waals surface area contributed by atoms with E-state index in [0.717, 1.165) is 19.4 Å². The molecule has 2 amide bonds. The molecule has 0 radical (unpaired) electrons. The van der Waals surface area contributed by atoms with Crippen LogP contribution in [0.1, 0.15) is 19.8 Å². The molecule has 1 aliphatic heterocycles. The van der Waals surface area contributed by atoms with Crippen LogP contribution in [-0.2, 0) is 4.74 Å². The highest BCUT2D eigenvalue weighted by atomic mass is 16.5. The lowest BCUT2D eigenvalue weighted by Gasteiger charge is -2.14. The summed E-state index contributed by atoms with van der Waals surface area (Å²) >= 11 is 0. The van der Waals surface area contributed by atoms with Crippen LogP contribution in [0.15, 0.2) is 24.3 Å². The van der Waals surface area contributed by atoms with Gasteiger partial charge in [0.1, 0.15) is 0 Å². The summed E-state index contributed by atoms with van der Waals surface area (Å²) in [5.74, 6) is 1.28. The van der Waals surface area contributed by atoms with E-state index in [9.17, 15) is 4.79 Å². The van der Waals surface area contributed by atoms with Crippen molar-refractivity contribution in [3.63, 3.8) is 0 Å². The van der Waals surface area contributed by atoms with E-state index >= 15 is 0 Å². The number of carbonyl (C=O) groups excluding carboxylic acids is 1. The topological polar surface area (TPSA) is 68.8 Å². The lowest BCUT2D eigenvalue weighted by Crippen LogP contribution is -2.41. The molecule has 1 heterocycles. The minimum atomic E-state index is -0.264. The summed E-state index contributed by atoms with van der Waals surface area (Å²) in [6.07, 6.45) is 2.19. The van der Waals surface area contributed by atoms with E-state index in [0.29, 0.717) is 24.7 Å². The van der Waals surface area contributed by atoms with Gasteiger partial charge in [0.05, 0.1) is 12.7 Å². The summed E-state index contributed by atoms with van der Waals surface area (Å²) in [6.45, 7) is 3.87. The second kappa shape index (κ2) is 8.36. The summed E-state index contributed by atoms with van der Waals surface area (Å²) in [7, 11) is 0. The Morgan fingerprint density at radius 1 is 1.29 bits per heavy atom. The number of hydrogen-bond acceptors (Lipinski definition) is 4. The van der Waals surface area contributed by atoms with Gasteiger partial charge in [0.25, 0.3) is 0 Å². The van der Waals surface area contributed by atoms with E-state index in [2.05, 4.69) is 10.6 Å². The normalized spacial score (nSPS) is 17.3. The van der Waals surface area contributed by atoms with E-state index in [-0.39, 0.29) is 18.9 Å². The van der Waals surface area contributed by atoms with Crippen LogP contribution in [0.2, 0.25) is 0 Å². The summed E-state index contributed by atoms with van der Waals surface area (Å²) in [5, 5.41) is 5.41. The smallest absolute Gasteiger partial charge is 0.317 e. The maximum Gasteiger partial charge on any atom is 0.317 e.